The molecular weight excluding hydrogens is 355 g/mol. The van der Waals surface area contributed by atoms with Gasteiger partial charge in [-0.05, 0) is 48.4 Å². The number of rotatable bonds is 5. The number of carbonyl (C=O) groups is 1. The molecule has 1 amide bonds. The van der Waals surface area contributed by atoms with Crippen LogP contribution in [0.25, 0.3) is 0 Å². The first kappa shape index (κ1) is 17.8. The van der Waals surface area contributed by atoms with Crippen LogP contribution in [0.2, 0.25) is 5.02 Å². The second-order valence-corrected chi connectivity index (χ2v) is 6.12. The van der Waals surface area contributed by atoms with Gasteiger partial charge in [0.2, 0.25) is 0 Å². The van der Waals surface area contributed by atoms with Gasteiger partial charge in [-0.2, -0.15) is 0 Å². The lowest BCUT2D eigenvalue weighted by Gasteiger charge is -2.10. The van der Waals surface area contributed by atoms with Crippen LogP contribution in [-0.2, 0) is 6.54 Å². The van der Waals surface area contributed by atoms with Crippen LogP contribution in [0.4, 0.5) is 15.9 Å². The average Bonchev–Trinajstić information content (AvgIpc) is 2.64. The molecule has 0 radical (unpaired) electrons. The van der Waals surface area contributed by atoms with Crippen molar-refractivity contribution in [3.8, 4) is 0 Å². The summed E-state index contributed by atoms with van der Waals surface area (Å²) in [6, 6.07) is 12.9. The van der Waals surface area contributed by atoms with Crippen LogP contribution in [0, 0.1) is 12.7 Å². The van der Waals surface area contributed by atoms with Crippen LogP contribution < -0.4 is 10.6 Å². The number of amides is 1. The number of nitrogens with zero attached hydrogens (tertiary/aromatic N) is 2. The fourth-order valence-electron chi connectivity index (χ4n) is 2.33. The van der Waals surface area contributed by atoms with Crippen molar-refractivity contribution in [2.45, 2.75) is 13.5 Å². The lowest BCUT2D eigenvalue weighted by Crippen LogP contribution is -2.15. The zero-order valence-corrected chi connectivity index (χ0v) is 14.7. The second-order valence-electron chi connectivity index (χ2n) is 5.68. The van der Waals surface area contributed by atoms with Gasteiger partial charge in [-0.1, -0.05) is 23.7 Å². The van der Waals surface area contributed by atoms with E-state index in [0.717, 1.165) is 11.1 Å². The largest absolute Gasteiger partial charge is 0.366 e. The van der Waals surface area contributed by atoms with Crippen molar-refractivity contribution in [1.82, 2.24) is 9.97 Å². The molecule has 2 N–H and O–H groups in total. The molecule has 0 saturated heterocycles. The number of aromatic nitrogens is 2. The number of carbonyl (C=O) groups excluding carboxylic acids is 1. The lowest BCUT2D eigenvalue weighted by molar-refractivity contribution is 0.102. The molecule has 3 aromatic rings. The van der Waals surface area contributed by atoms with Crippen molar-refractivity contribution in [3.05, 3.63) is 82.5 Å². The highest BCUT2D eigenvalue weighted by molar-refractivity contribution is 6.30. The third-order valence-corrected chi connectivity index (χ3v) is 3.96. The van der Waals surface area contributed by atoms with Crippen molar-refractivity contribution >= 4 is 29.0 Å². The van der Waals surface area contributed by atoms with Crippen LogP contribution in [0.5, 0.6) is 0 Å². The molecule has 1 aromatic heterocycles. The molecule has 0 fully saturated rings. The molecule has 26 heavy (non-hydrogen) atoms. The Hall–Kier alpha value is -2.99. The number of nitrogens with one attached hydrogen (secondary N) is 2. The maximum atomic E-state index is 12.9. The summed E-state index contributed by atoms with van der Waals surface area (Å²) in [5, 5.41) is 6.50. The third kappa shape index (κ3) is 4.55. The van der Waals surface area contributed by atoms with E-state index in [9.17, 15) is 9.18 Å². The molecule has 0 saturated carbocycles. The summed E-state index contributed by atoms with van der Waals surface area (Å²) in [5.41, 5.74) is 2.65. The Morgan fingerprint density at radius 3 is 2.62 bits per heavy atom. The molecule has 0 atom stereocenters. The normalized spacial score (nSPS) is 10.4. The lowest BCUT2D eigenvalue weighted by atomic mass is 10.2. The van der Waals surface area contributed by atoms with Crippen molar-refractivity contribution < 1.29 is 9.18 Å². The highest BCUT2D eigenvalue weighted by Crippen LogP contribution is 2.20. The van der Waals surface area contributed by atoms with Crippen LogP contribution in [0.1, 0.15) is 21.6 Å². The molecular formula is C19H16ClFN4O. The number of hydrogen-bond donors (Lipinski definition) is 2. The minimum Gasteiger partial charge on any atom is -0.366 e. The number of hydrogen-bond acceptors (Lipinski definition) is 4. The van der Waals surface area contributed by atoms with E-state index >= 15 is 0 Å². The van der Waals surface area contributed by atoms with E-state index in [0.29, 0.717) is 23.1 Å². The molecule has 5 nitrogen and oxygen atoms in total. The van der Waals surface area contributed by atoms with Gasteiger partial charge in [0.05, 0.1) is 0 Å². The Bertz CT molecular complexity index is 931. The summed E-state index contributed by atoms with van der Waals surface area (Å²) < 4.78 is 12.9. The van der Waals surface area contributed by atoms with E-state index < -0.39 is 0 Å². The van der Waals surface area contributed by atoms with Crippen LogP contribution in [0.15, 0.2) is 54.9 Å². The van der Waals surface area contributed by atoms with Gasteiger partial charge in [0.1, 0.15) is 23.7 Å². The van der Waals surface area contributed by atoms with Crippen molar-refractivity contribution in [2.75, 3.05) is 10.6 Å². The third-order valence-electron chi connectivity index (χ3n) is 3.72. The first-order valence-corrected chi connectivity index (χ1v) is 8.27. The molecule has 0 aliphatic carbocycles. The number of halogens is 2. The molecule has 3 rings (SSSR count). The molecule has 132 valence electrons. The van der Waals surface area contributed by atoms with Gasteiger partial charge in [-0.3, -0.25) is 4.79 Å². The predicted octanol–water partition coefficient (Wildman–Crippen LogP) is 4.44. The Kier molecular flexibility index (Phi) is 5.43. The van der Waals surface area contributed by atoms with Gasteiger partial charge in [0.15, 0.2) is 0 Å². The minimum atomic E-state index is -0.345. The molecule has 0 bridgehead atoms. The highest BCUT2D eigenvalue weighted by atomic mass is 35.5. The van der Waals surface area contributed by atoms with Gasteiger partial charge < -0.3 is 10.6 Å². The quantitative estimate of drug-likeness (QED) is 0.696. The smallest absolute Gasteiger partial charge is 0.274 e. The summed E-state index contributed by atoms with van der Waals surface area (Å²) in [4.78, 5) is 20.5. The Labute approximate surface area is 155 Å². The second kappa shape index (κ2) is 7.93. The first-order valence-electron chi connectivity index (χ1n) is 7.89. The monoisotopic (exact) mass is 370 g/mol. The van der Waals surface area contributed by atoms with Crippen LogP contribution in [-0.4, -0.2) is 15.9 Å². The molecule has 0 aliphatic rings. The van der Waals surface area contributed by atoms with E-state index in [1.165, 1.54) is 18.5 Å². The molecule has 7 heteroatoms. The van der Waals surface area contributed by atoms with Gasteiger partial charge in [-0.15, -0.1) is 0 Å². The van der Waals surface area contributed by atoms with E-state index in [4.69, 9.17) is 11.6 Å². The van der Waals surface area contributed by atoms with Gasteiger partial charge >= 0.3 is 0 Å². The zero-order chi connectivity index (χ0) is 18.5. The van der Waals surface area contributed by atoms with E-state index in [1.807, 2.05) is 6.92 Å². The molecule has 0 spiro atoms. The number of aryl methyl sites for hydroxylation is 1. The molecule has 1 heterocycles. The summed E-state index contributed by atoms with van der Waals surface area (Å²) >= 11 is 5.92. The van der Waals surface area contributed by atoms with Crippen molar-refractivity contribution in [1.29, 1.82) is 0 Å². The number of anilines is 2. The Morgan fingerprint density at radius 2 is 1.88 bits per heavy atom. The molecule has 0 aliphatic heterocycles. The first-order chi connectivity index (χ1) is 12.5. The topological polar surface area (TPSA) is 66.9 Å². The van der Waals surface area contributed by atoms with Gasteiger partial charge in [0, 0.05) is 23.3 Å². The van der Waals surface area contributed by atoms with Crippen LogP contribution >= 0.6 is 11.6 Å². The standard InChI is InChI=1S/C19H16ClFN4O/c1-12-8-14(20)4-7-16(12)25-19(26)17-9-18(24-11-23-17)22-10-13-2-5-15(21)6-3-13/h2-9,11H,10H2,1H3,(H,25,26)(H,22,23,24). The van der Waals surface area contributed by atoms with Crippen molar-refractivity contribution in [3.63, 3.8) is 0 Å². The van der Waals surface area contributed by atoms with Gasteiger partial charge in [0.25, 0.3) is 5.91 Å². The van der Waals surface area contributed by atoms with Gasteiger partial charge in [-0.25, -0.2) is 14.4 Å². The predicted molar refractivity (Wildman–Crippen MR) is 99.9 cm³/mol. The van der Waals surface area contributed by atoms with Crippen LogP contribution in [0.3, 0.4) is 0 Å². The molecule has 0 unspecified atom stereocenters. The van der Waals surface area contributed by atoms with Crippen molar-refractivity contribution in [2.24, 2.45) is 0 Å². The average molecular weight is 371 g/mol. The van der Waals surface area contributed by atoms with E-state index in [-0.39, 0.29) is 17.4 Å². The fourth-order valence-corrected chi connectivity index (χ4v) is 2.55. The van der Waals surface area contributed by atoms with E-state index in [2.05, 4.69) is 20.6 Å². The summed E-state index contributed by atoms with van der Waals surface area (Å²) in [6.07, 6.45) is 1.32. The van der Waals surface area contributed by atoms with E-state index in [1.54, 1.807) is 36.4 Å². The summed E-state index contributed by atoms with van der Waals surface area (Å²) in [5.74, 6) is -0.128. The SMILES string of the molecule is Cc1cc(Cl)ccc1NC(=O)c1cc(NCc2ccc(F)cc2)ncn1. The fraction of sp³-hybridized carbons (Fsp3) is 0.105. The minimum absolute atomic E-state index is 0.232. The Morgan fingerprint density at radius 1 is 1.12 bits per heavy atom. The summed E-state index contributed by atoms with van der Waals surface area (Å²) in [6.45, 7) is 2.31. The Balaban J connectivity index is 1.67. The molecule has 2 aromatic carbocycles. The number of benzene rings is 2. The maximum absolute atomic E-state index is 12.9. The maximum Gasteiger partial charge on any atom is 0.274 e. The zero-order valence-electron chi connectivity index (χ0n) is 14.0. The highest BCUT2D eigenvalue weighted by Gasteiger charge is 2.11. The summed E-state index contributed by atoms with van der Waals surface area (Å²) in [7, 11) is 0.